The third-order valence-corrected chi connectivity index (χ3v) is 4.81. The van der Waals surface area contributed by atoms with Crippen LogP contribution in [0.3, 0.4) is 0 Å². The fourth-order valence-electron chi connectivity index (χ4n) is 2.44. The molecule has 0 aromatic carbocycles. The number of ether oxygens (including phenoxy) is 1. The first-order valence-corrected chi connectivity index (χ1v) is 8.50. The number of aromatic nitrogens is 5. The van der Waals surface area contributed by atoms with Gasteiger partial charge in [-0.25, -0.2) is 19.3 Å². The molecule has 132 valence electrons. The van der Waals surface area contributed by atoms with Gasteiger partial charge < -0.3 is 9.30 Å². The van der Waals surface area contributed by atoms with E-state index in [4.69, 9.17) is 4.74 Å². The van der Waals surface area contributed by atoms with Gasteiger partial charge in [0.2, 0.25) is 0 Å². The van der Waals surface area contributed by atoms with Gasteiger partial charge in [0.15, 0.2) is 11.2 Å². The molecule has 3 aromatic heterocycles. The van der Waals surface area contributed by atoms with Gasteiger partial charge in [-0.1, -0.05) is 6.92 Å². The topological polar surface area (TPSA) is 101 Å². The quantitative estimate of drug-likeness (QED) is 0.600. The summed E-state index contributed by atoms with van der Waals surface area (Å²) in [5.41, 5.74) is -0.0109. The molecule has 0 N–H and O–H groups in total. The summed E-state index contributed by atoms with van der Waals surface area (Å²) in [7, 11) is 3.15. The highest BCUT2D eigenvalue weighted by Gasteiger charge is 2.17. The summed E-state index contributed by atoms with van der Waals surface area (Å²) in [6.45, 7) is 1.54. The number of thiazole rings is 1. The van der Waals surface area contributed by atoms with Gasteiger partial charge in [0.1, 0.15) is 13.2 Å². The summed E-state index contributed by atoms with van der Waals surface area (Å²) >= 11 is 1.50. The van der Waals surface area contributed by atoms with Crippen LogP contribution in [0.2, 0.25) is 0 Å². The van der Waals surface area contributed by atoms with E-state index in [-0.39, 0.29) is 17.8 Å². The predicted octanol–water partition coefficient (Wildman–Crippen LogP) is 0.196. The lowest BCUT2D eigenvalue weighted by Crippen LogP contribution is -2.41. The van der Waals surface area contributed by atoms with E-state index < -0.39 is 23.8 Å². The number of nitrogens with zero attached hydrogens (tertiary/aromatic N) is 5. The molecule has 0 atom stereocenters. The summed E-state index contributed by atoms with van der Waals surface area (Å²) in [6, 6.07) is 0. The third kappa shape index (κ3) is 3.12. The van der Waals surface area contributed by atoms with E-state index in [0.29, 0.717) is 5.69 Å². The third-order valence-electron chi connectivity index (χ3n) is 3.77. The Balaban J connectivity index is 1.82. The molecule has 9 nitrogen and oxygen atoms in total. The van der Waals surface area contributed by atoms with Gasteiger partial charge in [-0.05, 0) is 6.42 Å². The molecular weight excluding hydrogens is 346 g/mol. The van der Waals surface area contributed by atoms with Gasteiger partial charge in [-0.3, -0.25) is 14.2 Å². The van der Waals surface area contributed by atoms with Gasteiger partial charge >= 0.3 is 11.7 Å². The first kappa shape index (κ1) is 17.1. The predicted molar refractivity (Wildman–Crippen MR) is 91.5 cm³/mol. The number of imidazole rings is 1. The maximum absolute atomic E-state index is 12.5. The Morgan fingerprint density at radius 3 is 2.76 bits per heavy atom. The van der Waals surface area contributed by atoms with Crippen molar-refractivity contribution in [1.29, 1.82) is 0 Å². The number of hydrogen-bond acceptors (Lipinski definition) is 7. The monoisotopic (exact) mass is 363 g/mol. The highest BCUT2D eigenvalue weighted by atomic mass is 32.1. The van der Waals surface area contributed by atoms with Crippen molar-refractivity contribution in [1.82, 2.24) is 23.7 Å². The highest BCUT2D eigenvalue weighted by Crippen LogP contribution is 2.11. The van der Waals surface area contributed by atoms with E-state index in [1.165, 1.54) is 33.8 Å². The van der Waals surface area contributed by atoms with Crippen LogP contribution in [0.4, 0.5) is 0 Å². The molecule has 0 unspecified atom stereocenters. The molecule has 0 aliphatic rings. The molecule has 3 rings (SSSR count). The maximum atomic E-state index is 12.5. The van der Waals surface area contributed by atoms with Crippen molar-refractivity contribution in [2.75, 3.05) is 0 Å². The molecular formula is C15H17N5O4S. The number of aryl methyl sites for hydroxylation is 3. The Labute approximate surface area is 146 Å². The Morgan fingerprint density at radius 1 is 1.32 bits per heavy atom. The Kier molecular flexibility index (Phi) is 4.53. The number of carbonyl (C=O) groups is 1. The van der Waals surface area contributed by atoms with E-state index >= 15 is 0 Å². The van der Waals surface area contributed by atoms with Crippen LogP contribution >= 0.6 is 11.3 Å². The second kappa shape index (κ2) is 6.63. The molecule has 0 amide bonds. The van der Waals surface area contributed by atoms with Crippen LogP contribution in [0.15, 0.2) is 21.3 Å². The summed E-state index contributed by atoms with van der Waals surface area (Å²) in [4.78, 5) is 45.2. The largest absolute Gasteiger partial charge is 0.458 e. The summed E-state index contributed by atoms with van der Waals surface area (Å²) in [5, 5.41) is 2.77. The molecule has 0 spiro atoms. The van der Waals surface area contributed by atoms with Crippen molar-refractivity contribution in [3.63, 3.8) is 0 Å². The Bertz CT molecular complexity index is 1060. The van der Waals surface area contributed by atoms with E-state index in [2.05, 4.69) is 9.97 Å². The zero-order valence-electron chi connectivity index (χ0n) is 14.1. The smallest absolute Gasteiger partial charge is 0.333 e. The van der Waals surface area contributed by atoms with Crippen LogP contribution in [0.25, 0.3) is 11.2 Å². The van der Waals surface area contributed by atoms with Crippen molar-refractivity contribution in [2.45, 2.75) is 26.5 Å². The zero-order valence-corrected chi connectivity index (χ0v) is 14.9. The van der Waals surface area contributed by atoms with E-state index in [9.17, 15) is 14.4 Å². The number of rotatable bonds is 5. The van der Waals surface area contributed by atoms with Gasteiger partial charge in [0, 0.05) is 19.5 Å². The first-order chi connectivity index (χ1) is 11.9. The first-order valence-electron chi connectivity index (χ1n) is 7.62. The van der Waals surface area contributed by atoms with Crippen molar-refractivity contribution in [3.8, 4) is 0 Å². The molecule has 0 aliphatic heterocycles. The minimum absolute atomic E-state index is 0.0123. The molecule has 0 bridgehead atoms. The average Bonchev–Trinajstić information content (AvgIpc) is 3.21. The van der Waals surface area contributed by atoms with Crippen LogP contribution in [0.1, 0.15) is 17.6 Å². The van der Waals surface area contributed by atoms with Crippen LogP contribution in [0, 0.1) is 0 Å². The van der Waals surface area contributed by atoms with Crippen molar-refractivity contribution in [2.24, 2.45) is 14.1 Å². The van der Waals surface area contributed by atoms with E-state index in [0.717, 1.165) is 16.0 Å². The molecule has 3 heterocycles. The summed E-state index contributed by atoms with van der Waals surface area (Å²) in [6.07, 6.45) is 2.26. The average molecular weight is 363 g/mol. The SMILES string of the molecule is CCc1nc(COC(=O)Cn2c(=O)c3c(ncn3C)n(C)c2=O)cs1. The molecule has 10 heteroatoms. The number of carbonyl (C=O) groups excluding carboxylic acids is 1. The fourth-order valence-corrected chi connectivity index (χ4v) is 3.17. The molecule has 25 heavy (non-hydrogen) atoms. The second-order valence-corrected chi connectivity index (χ2v) is 6.45. The summed E-state index contributed by atoms with van der Waals surface area (Å²) < 4.78 is 8.74. The van der Waals surface area contributed by atoms with Crippen LogP contribution in [-0.2, 0) is 43.2 Å². The molecule has 0 aliphatic carbocycles. The van der Waals surface area contributed by atoms with Crippen LogP contribution in [0.5, 0.6) is 0 Å². The molecule has 0 fully saturated rings. The van der Waals surface area contributed by atoms with Crippen molar-refractivity contribution >= 4 is 28.5 Å². The second-order valence-electron chi connectivity index (χ2n) is 5.51. The highest BCUT2D eigenvalue weighted by molar-refractivity contribution is 7.09. The van der Waals surface area contributed by atoms with Crippen molar-refractivity contribution < 1.29 is 9.53 Å². The van der Waals surface area contributed by atoms with E-state index in [1.807, 2.05) is 12.3 Å². The normalized spacial score (nSPS) is 11.2. The minimum Gasteiger partial charge on any atom is -0.458 e. The number of hydrogen-bond donors (Lipinski definition) is 0. The van der Waals surface area contributed by atoms with Gasteiger partial charge in [0.05, 0.1) is 17.0 Å². The van der Waals surface area contributed by atoms with E-state index in [1.54, 1.807) is 7.05 Å². The molecule has 0 saturated heterocycles. The molecule has 0 radical (unpaired) electrons. The molecule has 0 saturated carbocycles. The van der Waals surface area contributed by atoms with Crippen molar-refractivity contribution in [3.05, 3.63) is 43.2 Å². The zero-order chi connectivity index (χ0) is 18.1. The Morgan fingerprint density at radius 2 is 2.08 bits per heavy atom. The Hall–Kier alpha value is -2.75. The minimum atomic E-state index is -0.674. The fraction of sp³-hybridized carbons (Fsp3) is 0.400. The van der Waals surface area contributed by atoms with Crippen LogP contribution in [-0.4, -0.2) is 29.6 Å². The number of esters is 1. The van der Waals surface area contributed by atoms with Gasteiger partial charge in [0.25, 0.3) is 5.56 Å². The lowest BCUT2D eigenvalue weighted by atomic mass is 10.4. The lowest BCUT2D eigenvalue weighted by molar-refractivity contribution is -0.145. The summed E-state index contributed by atoms with van der Waals surface area (Å²) in [5.74, 6) is -0.674. The standard InChI is InChI=1S/C15H17N5O4S/c1-4-10-17-9(7-25-10)6-24-11(21)5-20-14(22)12-13(16-8-18(12)2)19(3)15(20)23/h7-8H,4-6H2,1-3H3. The number of fused-ring (bicyclic) bond motifs is 1. The maximum Gasteiger partial charge on any atom is 0.333 e. The van der Waals surface area contributed by atoms with Gasteiger partial charge in [-0.2, -0.15) is 0 Å². The van der Waals surface area contributed by atoms with Gasteiger partial charge in [-0.15, -0.1) is 11.3 Å². The molecule has 3 aromatic rings. The van der Waals surface area contributed by atoms with Crippen LogP contribution < -0.4 is 11.2 Å². The lowest BCUT2D eigenvalue weighted by Gasteiger charge is -2.08.